The van der Waals surface area contributed by atoms with Crippen LogP contribution >= 0.6 is 11.3 Å². The number of aromatic nitrogens is 1. The summed E-state index contributed by atoms with van der Waals surface area (Å²) in [4.78, 5) is 19.3. The second kappa shape index (κ2) is 8.27. The topological polar surface area (TPSA) is 60.9 Å². The van der Waals surface area contributed by atoms with E-state index in [0.717, 1.165) is 27.8 Å². The summed E-state index contributed by atoms with van der Waals surface area (Å²) in [5.74, 6) is 1.50. The van der Waals surface area contributed by atoms with Crippen LogP contribution in [0.15, 0.2) is 23.6 Å². The summed E-state index contributed by atoms with van der Waals surface area (Å²) >= 11 is 1.61. The molecule has 146 valence electrons. The predicted octanol–water partition coefficient (Wildman–Crippen LogP) is 3.39. The van der Waals surface area contributed by atoms with Gasteiger partial charge in [0.1, 0.15) is 0 Å². The molecule has 1 aromatic heterocycles. The van der Waals surface area contributed by atoms with Crippen molar-refractivity contribution in [1.29, 1.82) is 0 Å². The van der Waals surface area contributed by atoms with Crippen LogP contribution in [0.25, 0.3) is 0 Å². The molecule has 27 heavy (non-hydrogen) atoms. The van der Waals surface area contributed by atoms with Crippen LogP contribution in [-0.4, -0.2) is 42.8 Å². The third kappa shape index (κ3) is 4.99. The Morgan fingerprint density at radius 3 is 2.78 bits per heavy atom. The van der Waals surface area contributed by atoms with E-state index in [9.17, 15) is 4.79 Å². The molecule has 0 bridgehead atoms. The number of fused-ring (bicyclic) bond motifs is 1. The minimum absolute atomic E-state index is 0.00576. The number of hydrogen-bond donors (Lipinski definition) is 0. The lowest BCUT2D eigenvalue weighted by molar-refractivity contribution is -0.131. The van der Waals surface area contributed by atoms with E-state index in [1.54, 1.807) is 23.3 Å². The molecule has 0 N–H and O–H groups in total. The molecule has 0 atom stereocenters. The van der Waals surface area contributed by atoms with Crippen LogP contribution in [0, 0.1) is 0 Å². The van der Waals surface area contributed by atoms with Gasteiger partial charge in [0.05, 0.1) is 23.7 Å². The Hall–Kier alpha value is -2.12. The fourth-order valence-corrected chi connectivity index (χ4v) is 3.66. The molecule has 0 aliphatic carbocycles. The van der Waals surface area contributed by atoms with Gasteiger partial charge in [0.2, 0.25) is 12.7 Å². The number of nitrogens with zero attached hydrogens (tertiary/aromatic N) is 2. The lowest BCUT2D eigenvalue weighted by Gasteiger charge is -2.22. The van der Waals surface area contributed by atoms with Crippen LogP contribution in [0.1, 0.15) is 37.0 Å². The van der Waals surface area contributed by atoms with E-state index < -0.39 is 0 Å². The largest absolute Gasteiger partial charge is 0.454 e. The molecule has 2 aromatic rings. The lowest BCUT2D eigenvalue weighted by Crippen LogP contribution is -2.34. The quantitative estimate of drug-likeness (QED) is 0.725. The van der Waals surface area contributed by atoms with Crippen molar-refractivity contribution in [3.8, 4) is 11.5 Å². The van der Waals surface area contributed by atoms with Gasteiger partial charge in [-0.05, 0) is 17.7 Å². The van der Waals surface area contributed by atoms with E-state index in [1.807, 2.05) is 23.6 Å². The maximum Gasteiger partial charge on any atom is 0.231 e. The lowest BCUT2D eigenvalue weighted by atomic mass is 9.98. The highest BCUT2D eigenvalue weighted by Gasteiger charge is 2.21. The molecule has 2 heterocycles. The van der Waals surface area contributed by atoms with Crippen LogP contribution in [0.3, 0.4) is 0 Å². The molecule has 6 nitrogen and oxygen atoms in total. The van der Waals surface area contributed by atoms with Gasteiger partial charge in [-0.3, -0.25) is 4.79 Å². The highest BCUT2D eigenvalue weighted by Crippen LogP contribution is 2.33. The average Bonchev–Trinajstić information content (AvgIpc) is 3.26. The first-order valence-corrected chi connectivity index (χ1v) is 9.85. The second-order valence-corrected chi connectivity index (χ2v) is 8.42. The predicted molar refractivity (Wildman–Crippen MR) is 104 cm³/mol. The first-order valence-electron chi connectivity index (χ1n) is 8.97. The standard InChI is InChI=1S/C20H26N2O4S/c1-20(2,3)19-21-15(12-27-19)10-18(23)22(7-8-24-4)11-14-5-6-16-17(9-14)26-13-25-16/h5-6,9,12H,7-8,10-11,13H2,1-4H3. The fraction of sp³-hybridized carbons (Fsp3) is 0.500. The number of thiazole rings is 1. The third-order valence-corrected chi connectivity index (χ3v) is 5.57. The zero-order valence-electron chi connectivity index (χ0n) is 16.3. The van der Waals surface area contributed by atoms with Crippen LogP contribution in [-0.2, 0) is 27.9 Å². The smallest absolute Gasteiger partial charge is 0.231 e. The van der Waals surface area contributed by atoms with Crippen molar-refractivity contribution in [3.05, 3.63) is 39.8 Å². The summed E-state index contributed by atoms with van der Waals surface area (Å²) in [5.41, 5.74) is 1.81. The van der Waals surface area contributed by atoms with Crippen molar-refractivity contribution >= 4 is 17.2 Å². The van der Waals surface area contributed by atoms with Gasteiger partial charge in [-0.1, -0.05) is 26.8 Å². The Labute approximate surface area is 164 Å². The average molecular weight is 391 g/mol. The van der Waals surface area contributed by atoms with Gasteiger partial charge < -0.3 is 19.1 Å². The molecule has 1 aromatic carbocycles. The number of benzene rings is 1. The number of hydrogen-bond acceptors (Lipinski definition) is 6. The zero-order valence-corrected chi connectivity index (χ0v) is 17.1. The van der Waals surface area contributed by atoms with Crippen molar-refractivity contribution < 1.29 is 19.0 Å². The molecule has 0 spiro atoms. The summed E-state index contributed by atoms with van der Waals surface area (Å²) < 4.78 is 16.0. The molecule has 1 amide bonds. The summed E-state index contributed by atoms with van der Waals surface area (Å²) in [6.07, 6.45) is 0.293. The number of carbonyl (C=O) groups is 1. The van der Waals surface area contributed by atoms with Gasteiger partial charge in [-0.2, -0.15) is 0 Å². The fourth-order valence-electron chi connectivity index (χ4n) is 2.75. The second-order valence-electron chi connectivity index (χ2n) is 7.57. The summed E-state index contributed by atoms with van der Waals surface area (Å²) in [5, 5.41) is 3.03. The molecule has 1 aliphatic rings. The molecule has 0 radical (unpaired) electrons. The molecule has 0 fully saturated rings. The minimum Gasteiger partial charge on any atom is -0.454 e. The van der Waals surface area contributed by atoms with Gasteiger partial charge in [0.15, 0.2) is 11.5 Å². The molecule has 3 rings (SSSR count). The van der Waals surface area contributed by atoms with E-state index in [-0.39, 0.29) is 18.1 Å². The first-order chi connectivity index (χ1) is 12.9. The van der Waals surface area contributed by atoms with E-state index >= 15 is 0 Å². The Bertz CT molecular complexity index is 798. The Morgan fingerprint density at radius 1 is 1.30 bits per heavy atom. The van der Waals surface area contributed by atoms with E-state index in [2.05, 4.69) is 25.8 Å². The minimum atomic E-state index is -0.00576. The Morgan fingerprint density at radius 2 is 2.07 bits per heavy atom. The molecule has 0 saturated carbocycles. The summed E-state index contributed by atoms with van der Waals surface area (Å²) in [6, 6.07) is 5.77. The van der Waals surface area contributed by atoms with Crippen molar-refractivity contribution in [3.63, 3.8) is 0 Å². The zero-order chi connectivity index (χ0) is 19.4. The summed E-state index contributed by atoms with van der Waals surface area (Å²) in [6.45, 7) is 8.13. The van der Waals surface area contributed by atoms with Gasteiger partial charge >= 0.3 is 0 Å². The Kier molecular flexibility index (Phi) is 6.01. The number of carbonyl (C=O) groups excluding carboxylic acids is 1. The number of rotatable bonds is 7. The maximum absolute atomic E-state index is 12.9. The van der Waals surface area contributed by atoms with Gasteiger partial charge in [0.25, 0.3) is 0 Å². The van der Waals surface area contributed by atoms with Gasteiger partial charge in [0, 0.05) is 31.0 Å². The number of methoxy groups -OCH3 is 1. The molecule has 0 unspecified atom stereocenters. The highest BCUT2D eigenvalue weighted by molar-refractivity contribution is 7.09. The van der Waals surface area contributed by atoms with Crippen molar-refractivity contribution in [2.45, 2.75) is 39.2 Å². The van der Waals surface area contributed by atoms with Crippen LogP contribution in [0.5, 0.6) is 11.5 Å². The molecular formula is C20H26N2O4S. The number of amides is 1. The van der Waals surface area contributed by atoms with E-state index in [4.69, 9.17) is 14.2 Å². The molecule has 0 saturated heterocycles. The SMILES string of the molecule is COCCN(Cc1ccc2c(c1)OCO2)C(=O)Cc1csc(C(C)(C)C)n1. The summed E-state index contributed by atoms with van der Waals surface area (Å²) in [7, 11) is 1.64. The highest BCUT2D eigenvalue weighted by atomic mass is 32.1. The van der Waals surface area contributed by atoms with Gasteiger partial charge in [-0.25, -0.2) is 4.98 Å². The van der Waals surface area contributed by atoms with E-state index in [0.29, 0.717) is 26.1 Å². The normalized spacial score (nSPS) is 13.0. The van der Waals surface area contributed by atoms with Gasteiger partial charge in [-0.15, -0.1) is 11.3 Å². The molecular weight excluding hydrogens is 364 g/mol. The van der Waals surface area contributed by atoms with Crippen molar-refractivity contribution in [2.24, 2.45) is 0 Å². The van der Waals surface area contributed by atoms with Crippen LogP contribution in [0.2, 0.25) is 0 Å². The van der Waals surface area contributed by atoms with Crippen LogP contribution < -0.4 is 9.47 Å². The third-order valence-electron chi connectivity index (χ3n) is 4.25. The van der Waals surface area contributed by atoms with Crippen molar-refractivity contribution in [2.75, 3.05) is 27.1 Å². The first kappa shape index (κ1) is 19.6. The van der Waals surface area contributed by atoms with E-state index in [1.165, 1.54) is 0 Å². The van der Waals surface area contributed by atoms with Crippen LogP contribution in [0.4, 0.5) is 0 Å². The monoisotopic (exact) mass is 390 g/mol. The molecule has 1 aliphatic heterocycles. The molecule has 7 heteroatoms. The van der Waals surface area contributed by atoms with Crippen molar-refractivity contribution in [1.82, 2.24) is 9.88 Å². The number of ether oxygens (including phenoxy) is 3. The maximum atomic E-state index is 12.9. The Balaban J connectivity index is 1.69.